The Kier molecular flexibility index (Phi) is 4.92. The number of carbonyl (C=O) groups is 1. The Hall–Kier alpha value is -4.79. The van der Waals surface area contributed by atoms with Gasteiger partial charge in [0.15, 0.2) is 5.65 Å². The first kappa shape index (κ1) is 21.7. The van der Waals surface area contributed by atoms with Crippen LogP contribution in [0.5, 0.6) is 0 Å². The highest BCUT2D eigenvalue weighted by Gasteiger charge is 2.21. The largest absolute Gasteiger partial charge is 0.472 e. The molecule has 6 aromatic heterocycles. The molecular formula is C27H23N7O2. The minimum atomic E-state index is -0.505. The van der Waals surface area contributed by atoms with Crippen molar-refractivity contribution < 1.29 is 9.21 Å². The number of H-pyrrole nitrogens is 2. The van der Waals surface area contributed by atoms with Gasteiger partial charge >= 0.3 is 0 Å². The summed E-state index contributed by atoms with van der Waals surface area (Å²) >= 11 is 0. The van der Waals surface area contributed by atoms with E-state index in [0.717, 1.165) is 49.9 Å². The number of amides is 1. The van der Waals surface area contributed by atoms with Gasteiger partial charge in [-0.3, -0.25) is 19.9 Å². The Morgan fingerprint density at radius 2 is 1.78 bits per heavy atom. The second-order valence-electron chi connectivity index (χ2n) is 9.70. The molecule has 0 spiro atoms. The summed E-state index contributed by atoms with van der Waals surface area (Å²) in [6.45, 7) is 5.61. The molecular weight excluding hydrogens is 454 g/mol. The predicted octanol–water partition coefficient (Wildman–Crippen LogP) is 5.81. The van der Waals surface area contributed by atoms with E-state index < -0.39 is 5.41 Å². The van der Waals surface area contributed by atoms with E-state index in [1.54, 1.807) is 37.3 Å². The van der Waals surface area contributed by atoms with E-state index in [9.17, 15) is 4.79 Å². The van der Waals surface area contributed by atoms with Crippen LogP contribution in [-0.4, -0.2) is 36.0 Å². The van der Waals surface area contributed by atoms with Crippen LogP contribution in [0.4, 0.5) is 5.69 Å². The number of aromatic nitrogens is 6. The van der Waals surface area contributed by atoms with Gasteiger partial charge in [-0.1, -0.05) is 20.8 Å². The number of furan rings is 1. The van der Waals surface area contributed by atoms with Gasteiger partial charge in [-0.25, -0.2) is 4.98 Å². The fourth-order valence-corrected chi connectivity index (χ4v) is 4.08. The molecule has 9 heteroatoms. The molecule has 0 atom stereocenters. The van der Waals surface area contributed by atoms with Crippen LogP contribution in [-0.2, 0) is 4.79 Å². The molecule has 3 N–H and O–H groups in total. The summed E-state index contributed by atoms with van der Waals surface area (Å²) in [7, 11) is 0. The Balaban J connectivity index is 1.40. The molecule has 0 aliphatic carbocycles. The number of aromatic amines is 2. The van der Waals surface area contributed by atoms with Crippen LogP contribution < -0.4 is 5.32 Å². The molecule has 0 saturated heterocycles. The molecule has 0 unspecified atom stereocenters. The molecule has 6 heterocycles. The van der Waals surface area contributed by atoms with Crippen LogP contribution in [0.2, 0.25) is 0 Å². The number of hydrogen-bond acceptors (Lipinski definition) is 6. The first-order valence-corrected chi connectivity index (χ1v) is 11.5. The summed E-state index contributed by atoms with van der Waals surface area (Å²) in [5.41, 5.74) is 6.93. The number of nitrogens with zero attached hydrogens (tertiary/aromatic N) is 4. The van der Waals surface area contributed by atoms with Crippen molar-refractivity contribution in [1.29, 1.82) is 0 Å². The number of nitrogens with one attached hydrogen (secondary N) is 3. The SMILES string of the molecule is CC(C)(C)C(=O)Nc1cncc(-c2cnc3[nH]nc(-c4cc5c(-c6ccoc6)cncc5[nH]4)c3c2)c1. The summed E-state index contributed by atoms with van der Waals surface area (Å²) in [6, 6.07) is 7.89. The minimum Gasteiger partial charge on any atom is -0.472 e. The maximum absolute atomic E-state index is 12.4. The maximum Gasteiger partial charge on any atom is 0.229 e. The van der Waals surface area contributed by atoms with Gasteiger partial charge in [0, 0.05) is 57.0 Å². The number of anilines is 1. The Morgan fingerprint density at radius 3 is 2.58 bits per heavy atom. The highest BCUT2D eigenvalue weighted by atomic mass is 16.3. The molecule has 0 bridgehead atoms. The van der Waals surface area contributed by atoms with Crippen LogP contribution >= 0.6 is 0 Å². The van der Waals surface area contributed by atoms with E-state index in [4.69, 9.17) is 4.42 Å². The molecule has 0 aliphatic rings. The lowest BCUT2D eigenvalue weighted by molar-refractivity contribution is -0.123. The zero-order chi connectivity index (χ0) is 24.9. The van der Waals surface area contributed by atoms with E-state index in [1.807, 2.05) is 45.2 Å². The molecule has 6 aromatic rings. The van der Waals surface area contributed by atoms with Crippen molar-refractivity contribution >= 4 is 33.5 Å². The van der Waals surface area contributed by atoms with Crippen molar-refractivity contribution in [2.75, 3.05) is 5.32 Å². The fourth-order valence-electron chi connectivity index (χ4n) is 4.08. The zero-order valence-electron chi connectivity index (χ0n) is 20.0. The van der Waals surface area contributed by atoms with Gasteiger partial charge in [0.25, 0.3) is 0 Å². The van der Waals surface area contributed by atoms with E-state index in [0.29, 0.717) is 11.3 Å². The van der Waals surface area contributed by atoms with E-state index in [1.165, 1.54) is 0 Å². The quantitative estimate of drug-likeness (QED) is 0.294. The standard InChI is InChI=1S/C27H23N7O2/c1-27(2,3)26(35)31-18-6-16(9-28-11-18)17-7-20-24(33-34-25(20)30-10-17)22-8-19-21(15-4-5-36-14-15)12-29-13-23(19)32-22/h4-14,32H,1-3H3,(H,31,35)(H,30,33,34). The number of fused-ring (bicyclic) bond motifs is 2. The van der Waals surface area contributed by atoms with Crippen molar-refractivity contribution in [3.63, 3.8) is 0 Å². The highest BCUT2D eigenvalue weighted by molar-refractivity contribution is 6.00. The van der Waals surface area contributed by atoms with Crippen molar-refractivity contribution in [2.45, 2.75) is 20.8 Å². The highest BCUT2D eigenvalue weighted by Crippen LogP contribution is 2.34. The molecule has 9 nitrogen and oxygen atoms in total. The van der Waals surface area contributed by atoms with Gasteiger partial charge in [-0.2, -0.15) is 5.10 Å². The van der Waals surface area contributed by atoms with Crippen molar-refractivity contribution in [3.8, 4) is 33.6 Å². The van der Waals surface area contributed by atoms with Crippen molar-refractivity contribution in [2.24, 2.45) is 5.41 Å². The molecule has 0 aliphatic heterocycles. The minimum absolute atomic E-state index is 0.0739. The normalized spacial score (nSPS) is 11.9. The summed E-state index contributed by atoms with van der Waals surface area (Å²) in [5.74, 6) is -0.0739. The van der Waals surface area contributed by atoms with Crippen molar-refractivity contribution in [3.05, 3.63) is 67.8 Å². The summed E-state index contributed by atoms with van der Waals surface area (Å²) < 4.78 is 5.26. The average Bonchev–Trinajstić information content (AvgIpc) is 3.62. The molecule has 0 radical (unpaired) electrons. The Labute approximate surface area is 206 Å². The predicted molar refractivity (Wildman–Crippen MR) is 138 cm³/mol. The number of carbonyl (C=O) groups excluding carboxylic acids is 1. The molecule has 178 valence electrons. The number of hydrogen-bond donors (Lipinski definition) is 3. The van der Waals surface area contributed by atoms with Gasteiger partial charge in [-0.05, 0) is 24.3 Å². The van der Waals surface area contributed by atoms with Crippen LogP contribution in [0.25, 0.3) is 55.6 Å². The number of pyridine rings is 3. The molecule has 0 saturated carbocycles. The third kappa shape index (κ3) is 3.80. The fraction of sp³-hybridized carbons (Fsp3) is 0.148. The van der Waals surface area contributed by atoms with Crippen LogP contribution in [0, 0.1) is 5.41 Å². The topological polar surface area (TPSA) is 125 Å². The third-order valence-corrected chi connectivity index (χ3v) is 6.06. The molecule has 36 heavy (non-hydrogen) atoms. The molecule has 6 rings (SSSR count). The first-order valence-electron chi connectivity index (χ1n) is 11.5. The first-order chi connectivity index (χ1) is 17.4. The summed E-state index contributed by atoms with van der Waals surface area (Å²) in [5, 5.41) is 12.4. The van der Waals surface area contributed by atoms with Gasteiger partial charge < -0.3 is 14.7 Å². The summed E-state index contributed by atoms with van der Waals surface area (Å²) in [6.07, 6.45) is 12.1. The summed E-state index contributed by atoms with van der Waals surface area (Å²) in [4.78, 5) is 29.1. The lowest BCUT2D eigenvalue weighted by atomic mass is 9.95. The molecule has 1 amide bonds. The smallest absolute Gasteiger partial charge is 0.229 e. The monoisotopic (exact) mass is 477 g/mol. The second kappa shape index (κ2) is 8.16. The van der Waals surface area contributed by atoms with Gasteiger partial charge in [0.05, 0.1) is 41.8 Å². The lowest BCUT2D eigenvalue weighted by Crippen LogP contribution is -2.27. The van der Waals surface area contributed by atoms with E-state index >= 15 is 0 Å². The van der Waals surface area contributed by atoms with Gasteiger partial charge in [-0.15, -0.1) is 0 Å². The molecule has 0 aromatic carbocycles. The average molecular weight is 478 g/mol. The van der Waals surface area contributed by atoms with Gasteiger partial charge in [0.1, 0.15) is 5.69 Å². The second-order valence-corrected chi connectivity index (χ2v) is 9.70. The zero-order valence-corrected chi connectivity index (χ0v) is 20.0. The van der Waals surface area contributed by atoms with Crippen LogP contribution in [0.1, 0.15) is 20.8 Å². The molecule has 0 fully saturated rings. The Morgan fingerprint density at radius 1 is 0.944 bits per heavy atom. The van der Waals surface area contributed by atoms with E-state index in [2.05, 4.69) is 41.5 Å². The number of rotatable bonds is 4. The van der Waals surface area contributed by atoms with Crippen molar-refractivity contribution in [1.82, 2.24) is 30.1 Å². The maximum atomic E-state index is 12.4. The van der Waals surface area contributed by atoms with E-state index in [-0.39, 0.29) is 5.91 Å². The third-order valence-electron chi connectivity index (χ3n) is 6.06. The van der Waals surface area contributed by atoms with Gasteiger partial charge in [0.2, 0.25) is 5.91 Å². The Bertz CT molecular complexity index is 1720. The lowest BCUT2D eigenvalue weighted by Gasteiger charge is -2.17. The van der Waals surface area contributed by atoms with Crippen LogP contribution in [0.3, 0.4) is 0 Å². The van der Waals surface area contributed by atoms with Crippen LogP contribution in [0.15, 0.2) is 72.2 Å².